The Morgan fingerprint density at radius 1 is 1.37 bits per heavy atom. The summed E-state index contributed by atoms with van der Waals surface area (Å²) in [6.45, 7) is 1.09. The van der Waals surface area contributed by atoms with E-state index in [1.165, 1.54) is 19.3 Å². The molecule has 0 aromatic heterocycles. The number of nitrogen functional groups attached to an aromatic ring is 1. The first-order chi connectivity index (χ1) is 9.06. The van der Waals surface area contributed by atoms with Crippen molar-refractivity contribution >= 4 is 17.3 Å². The van der Waals surface area contributed by atoms with Gasteiger partial charge in [-0.3, -0.25) is 4.79 Å². The normalized spacial score (nSPS) is 24.8. The smallest absolute Gasteiger partial charge is 0.253 e. The monoisotopic (exact) mass is 259 g/mol. The third kappa shape index (κ3) is 2.05. The molecule has 1 aromatic carbocycles. The quantitative estimate of drug-likeness (QED) is 0.826. The Balaban J connectivity index is 1.92. The molecule has 3 rings (SSSR count). The van der Waals surface area contributed by atoms with Gasteiger partial charge in [0, 0.05) is 32.2 Å². The van der Waals surface area contributed by atoms with Crippen LogP contribution in [-0.2, 0) is 0 Å². The van der Waals surface area contributed by atoms with Gasteiger partial charge >= 0.3 is 0 Å². The van der Waals surface area contributed by atoms with Gasteiger partial charge in [0.2, 0.25) is 0 Å². The molecule has 2 atom stereocenters. The van der Waals surface area contributed by atoms with Crippen LogP contribution >= 0.6 is 0 Å². The fourth-order valence-corrected chi connectivity index (χ4v) is 3.40. The maximum absolute atomic E-state index is 12.0. The van der Waals surface area contributed by atoms with Crippen molar-refractivity contribution in [3.63, 3.8) is 0 Å². The molecule has 2 aliphatic rings. The van der Waals surface area contributed by atoms with Crippen molar-refractivity contribution in [2.24, 2.45) is 5.92 Å². The van der Waals surface area contributed by atoms with Crippen LogP contribution in [0.2, 0.25) is 0 Å². The van der Waals surface area contributed by atoms with Gasteiger partial charge in [-0.1, -0.05) is 0 Å². The summed E-state index contributed by atoms with van der Waals surface area (Å²) in [5, 5.41) is 0. The number of nitrogens with two attached hydrogens (primary N) is 1. The van der Waals surface area contributed by atoms with Crippen LogP contribution in [0, 0.1) is 5.92 Å². The van der Waals surface area contributed by atoms with Crippen LogP contribution in [0.5, 0.6) is 0 Å². The first kappa shape index (κ1) is 12.3. The molecule has 1 amide bonds. The summed E-state index contributed by atoms with van der Waals surface area (Å²) in [5.41, 5.74) is 8.65. The van der Waals surface area contributed by atoms with E-state index < -0.39 is 0 Å². The SMILES string of the molecule is CN(C)C(=O)c1ccc(N)c(N2CC3CCC2C3)c1. The van der Waals surface area contributed by atoms with Gasteiger partial charge < -0.3 is 15.5 Å². The number of piperidine rings is 1. The summed E-state index contributed by atoms with van der Waals surface area (Å²) >= 11 is 0. The average molecular weight is 259 g/mol. The van der Waals surface area contributed by atoms with Crippen molar-refractivity contribution < 1.29 is 4.79 Å². The standard InChI is InChI=1S/C15H21N3O/c1-17(2)15(19)11-4-6-13(16)14(8-11)18-9-10-3-5-12(18)7-10/h4,6,8,10,12H,3,5,7,9,16H2,1-2H3. The Morgan fingerprint density at radius 3 is 2.74 bits per heavy atom. The lowest BCUT2D eigenvalue weighted by Crippen LogP contribution is -2.32. The van der Waals surface area contributed by atoms with Crippen LogP contribution in [0.1, 0.15) is 29.6 Å². The maximum Gasteiger partial charge on any atom is 0.253 e. The minimum atomic E-state index is 0.0330. The second-order valence-electron chi connectivity index (χ2n) is 5.96. The molecule has 2 unspecified atom stereocenters. The number of fused-ring (bicyclic) bond motifs is 2. The molecular formula is C15H21N3O. The second-order valence-corrected chi connectivity index (χ2v) is 5.96. The minimum absolute atomic E-state index is 0.0330. The highest BCUT2D eigenvalue weighted by Crippen LogP contribution is 2.42. The van der Waals surface area contributed by atoms with E-state index in [2.05, 4.69) is 4.90 Å². The average Bonchev–Trinajstić information content (AvgIpc) is 3.00. The summed E-state index contributed by atoms with van der Waals surface area (Å²) in [7, 11) is 3.55. The number of nitrogens with zero attached hydrogens (tertiary/aromatic N) is 2. The number of carbonyl (C=O) groups is 1. The highest BCUT2D eigenvalue weighted by atomic mass is 16.2. The number of benzene rings is 1. The number of amides is 1. The molecule has 0 spiro atoms. The van der Waals surface area contributed by atoms with Crippen LogP contribution in [0.4, 0.5) is 11.4 Å². The molecule has 2 fully saturated rings. The van der Waals surface area contributed by atoms with E-state index in [4.69, 9.17) is 5.73 Å². The first-order valence-electron chi connectivity index (χ1n) is 6.94. The lowest BCUT2D eigenvalue weighted by Gasteiger charge is -2.30. The summed E-state index contributed by atoms with van der Waals surface area (Å²) in [6, 6.07) is 6.25. The van der Waals surface area contributed by atoms with E-state index in [9.17, 15) is 4.79 Å². The molecule has 19 heavy (non-hydrogen) atoms. The number of rotatable bonds is 2. The Bertz CT molecular complexity index is 512. The van der Waals surface area contributed by atoms with Crippen LogP contribution < -0.4 is 10.6 Å². The third-order valence-electron chi connectivity index (χ3n) is 4.40. The zero-order valence-corrected chi connectivity index (χ0v) is 11.6. The van der Waals surface area contributed by atoms with Crippen molar-refractivity contribution in [3.05, 3.63) is 23.8 Å². The number of hydrogen-bond donors (Lipinski definition) is 1. The van der Waals surface area contributed by atoms with Gasteiger partial charge in [-0.05, 0) is 43.4 Å². The predicted octanol–water partition coefficient (Wildman–Crippen LogP) is 1.96. The van der Waals surface area contributed by atoms with Gasteiger partial charge in [0.05, 0.1) is 11.4 Å². The lowest BCUT2D eigenvalue weighted by atomic mass is 10.1. The van der Waals surface area contributed by atoms with Gasteiger partial charge in [-0.15, -0.1) is 0 Å². The van der Waals surface area contributed by atoms with E-state index >= 15 is 0 Å². The molecule has 1 saturated heterocycles. The zero-order chi connectivity index (χ0) is 13.6. The van der Waals surface area contributed by atoms with E-state index in [-0.39, 0.29) is 5.91 Å². The molecule has 4 nitrogen and oxygen atoms in total. The van der Waals surface area contributed by atoms with Crippen molar-refractivity contribution in [1.29, 1.82) is 0 Å². The van der Waals surface area contributed by atoms with Crippen molar-refractivity contribution in [2.75, 3.05) is 31.3 Å². The van der Waals surface area contributed by atoms with Gasteiger partial charge in [0.15, 0.2) is 0 Å². The third-order valence-corrected chi connectivity index (χ3v) is 4.40. The highest BCUT2D eigenvalue weighted by molar-refractivity contribution is 5.96. The molecule has 1 aliphatic heterocycles. The Morgan fingerprint density at radius 2 is 2.16 bits per heavy atom. The lowest BCUT2D eigenvalue weighted by molar-refractivity contribution is 0.0827. The van der Waals surface area contributed by atoms with Gasteiger partial charge in [-0.25, -0.2) is 0 Å². The molecule has 2 bridgehead atoms. The molecular weight excluding hydrogens is 238 g/mol. The summed E-state index contributed by atoms with van der Waals surface area (Å²) < 4.78 is 0. The number of anilines is 2. The number of carbonyl (C=O) groups excluding carboxylic acids is 1. The molecule has 1 heterocycles. The fourth-order valence-electron chi connectivity index (χ4n) is 3.40. The summed E-state index contributed by atoms with van der Waals surface area (Å²) in [5.74, 6) is 0.850. The molecule has 0 radical (unpaired) electrons. The summed E-state index contributed by atoms with van der Waals surface area (Å²) in [6.07, 6.45) is 3.89. The first-order valence-corrected chi connectivity index (χ1v) is 6.94. The van der Waals surface area contributed by atoms with Crippen LogP contribution in [0.25, 0.3) is 0 Å². The molecule has 102 valence electrons. The van der Waals surface area contributed by atoms with E-state index in [1.807, 2.05) is 18.2 Å². The molecule has 2 N–H and O–H groups in total. The molecule has 1 saturated carbocycles. The molecule has 1 aromatic rings. The Labute approximate surface area is 114 Å². The van der Waals surface area contributed by atoms with E-state index in [0.29, 0.717) is 6.04 Å². The van der Waals surface area contributed by atoms with Crippen LogP contribution in [0.15, 0.2) is 18.2 Å². The predicted molar refractivity (Wildman–Crippen MR) is 77.3 cm³/mol. The van der Waals surface area contributed by atoms with E-state index in [0.717, 1.165) is 29.4 Å². The van der Waals surface area contributed by atoms with Gasteiger partial charge in [-0.2, -0.15) is 0 Å². The molecule has 1 aliphatic carbocycles. The van der Waals surface area contributed by atoms with E-state index in [1.54, 1.807) is 19.0 Å². The Hall–Kier alpha value is -1.71. The largest absolute Gasteiger partial charge is 0.397 e. The van der Waals surface area contributed by atoms with Crippen molar-refractivity contribution in [1.82, 2.24) is 4.90 Å². The van der Waals surface area contributed by atoms with Crippen LogP contribution in [-0.4, -0.2) is 37.5 Å². The maximum atomic E-state index is 12.0. The van der Waals surface area contributed by atoms with Gasteiger partial charge in [0.1, 0.15) is 0 Å². The Kier molecular flexibility index (Phi) is 2.88. The van der Waals surface area contributed by atoms with Gasteiger partial charge in [0.25, 0.3) is 5.91 Å². The topological polar surface area (TPSA) is 49.6 Å². The van der Waals surface area contributed by atoms with Crippen molar-refractivity contribution in [3.8, 4) is 0 Å². The van der Waals surface area contributed by atoms with Crippen molar-refractivity contribution in [2.45, 2.75) is 25.3 Å². The minimum Gasteiger partial charge on any atom is -0.397 e. The second kappa shape index (κ2) is 4.44. The zero-order valence-electron chi connectivity index (χ0n) is 11.6. The van der Waals surface area contributed by atoms with Crippen LogP contribution in [0.3, 0.4) is 0 Å². The summed E-state index contributed by atoms with van der Waals surface area (Å²) in [4.78, 5) is 16.1. The fraction of sp³-hybridized carbons (Fsp3) is 0.533. The highest BCUT2D eigenvalue weighted by Gasteiger charge is 2.38. The molecule has 4 heteroatoms. The number of hydrogen-bond acceptors (Lipinski definition) is 3.